The van der Waals surface area contributed by atoms with Gasteiger partial charge in [-0.15, -0.1) is 0 Å². The summed E-state index contributed by atoms with van der Waals surface area (Å²) in [6.45, 7) is 3.23. The van der Waals surface area contributed by atoms with Crippen molar-refractivity contribution in [3.8, 4) is 0 Å². The molecule has 0 unspecified atom stereocenters. The number of benzene rings is 2. The number of anilines is 5. The van der Waals surface area contributed by atoms with Crippen LogP contribution in [0.5, 0.6) is 0 Å². The third-order valence-electron chi connectivity index (χ3n) is 4.22. The van der Waals surface area contributed by atoms with Crippen molar-refractivity contribution in [1.29, 1.82) is 0 Å². The minimum Gasteiger partial charge on any atom is -0.338 e. The number of piperazine rings is 1. The van der Waals surface area contributed by atoms with Crippen molar-refractivity contribution < 1.29 is 8.78 Å². The number of halogens is 2. The lowest BCUT2D eigenvalue weighted by atomic mass is 10.3. The molecule has 0 atom stereocenters. The average Bonchev–Trinajstić information content (AvgIpc) is 2.72. The Morgan fingerprint density at radius 2 is 1.18 bits per heavy atom. The zero-order valence-corrected chi connectivity index (χ0v) is 15.0. The SMILES string of the molecule is Fc1ccc(Nc2nc(Nc3ccc(F)cc3)nc(N3CCNCC3)n2)cc1. The van der Waals surface area contributed by atoms with Gasteiger partial charge in [0, 0.05) is 37.6 Å². The lowest BCUT2D eigenvalue weighted by Crippen LogP contribution is -2.44. The van der Waals surface area contributed by atoms with Crippen molar-refractivity contribution in [1.82, 2.24) is 20.3 Å². The van der Waals surface area contributed by atoms with Gasteiger partial charge < -0.3 is 20.9 Å². The van der Waals surface area contributed by atoms with Crippen LogP contribution in [0.2, 0.25) is 0 Å². The Morgan fingerprint density at radius 3 is 1.64 bits per heavy atom. The molecule has 3 N–H and O–H groups in total. The summed E-state index contributed by atoms with van der Waals surface area (Å²) in [7, 11) is 0. The number of hydrogen-bond acceptors (Lipinski definition) is 7. The van der Waals surface area contributed by atoms with Crippen molar-refractivity contribution >= 4 is 29.2 Å². The Bertz CT molecular complexity index is 860. The fourth-order valence-corrected chi connectivity index (χ4v) is 2.81. The van der Waals surface area contributed by atoms with Crippen molar-refractivity contribution in [2.24, 2.45) is 0 Å². The molecule has 0 saturated carbocycles. The van der Waals surface area contributed by atoms with Gasteiger partial charge in [-0.05, 0) is 48.5 Å². The van der Waals surface area contributed by atoms with Crippen molar-refractivity contribution in [3.63, 3.8) is 0 Å². The summed E-state index contributed by atoms with van der Waals surface area (Å²) in [5.41, 5.74) is 1.32. The van der Waals surface area contributed by atoms with E-state index in [4.69, 9.17) is 0 Å². The maximum atomic E-state index is 13.1. The van der Waals surface area contributed by atoms with E-state index >= 15 is 0 Å². The van der Waals surface area contributed by atoms with E-state index in [0.29, 0.717) is 29.2 Å². The standard InChI is InChI=1S/C19H19F2N7/c20-13-1-5-15(6-2-13)23-17-25-18(24-16-7-3-14(21)4-8-16)27-19(26-17)28-11-9-22-10-12-28/h1-8,22H,9-12H2,(H2,23,24,25,26,27). The molecule has 1 fully saturated rings. The van der Waals surface area contributed by atoms with E-state index in [9.17, 15) is 8.78 Å². The van der Waals surface area contributed by atoms with Crippen molar-refractivity contribution in [2.45, 2.75) is 0 Å². The normalized spacial score (nSPS) is 14.0. The topological polar surface area (TPSA) is 78.0 Å². The van der Waals surface area contributed by atoms with Gasteiger partial charge in [-0.1, -0.05) is 0 Å². The molecule has 2 aromatic carbocycles. The molecule has 0 bridgehead atoms. The Kier molecular flexibility index (Phi) is 5.24. The first-order valence-electron chi connectivity index (χ1n) is 8.93. The number of nitrogens with one attached hydrogen (secondary N) is 3. The molecule has 2 heterocycles. The summed E-state index contributed by atoms with van der Waals surface area (Å²) in [6, 6.07) is 11.9. The first-order chi connectivity index (χ1) is 13.7. The van der Waals surface area contributed by atoms with Gasteiger partial charge in [-0.25, -0.2) is 8.78 Å². The van der Waals surface area contributed by atoms with Crippen LogP contribution in [-0.2, 0) is 0 Å². The highest BCUT2D eigenvalue weighted by Crippen LogP contribution is 2.21. The summed E-state index contributed by atoms with van der Waals surface area (Å²) in [4.78, 5) is 15.5. The highest BCUT2D eigenvalue weighted by atomic mass is 19.1. The van der Waals surface area contributed by atoms with E-state index in [1.807, 2.05) is 0 Å². The maximum Gasteiger partial charge on any atom is 0.233 e. The van der Waals surface area contributed by atoms with E-state index in [-0.39, 0.29) is 11.6 Å². The summed E-state index contributed by atoms with van der Waals surface area (Å²) in [5.74, 6) is 0.563. The number of nitrogens with zero attached hydrogens (tertiary/aromatic N) is 4. The molecular weight excluding hydrogens is 364 g/mol. The largest absolute Gasteiger partial charge is 0.338 e. The molecule has 28 heavy (non-hydrogen) atoms. The maximum absolute atomic E-state index is 13.1. The predicted octanol–water partition coefficient (Wildman–Crippen LogP) is 3.05. The van der Waals surface area contributed by atoms with Gasteiger partial charge in [0.05, 0.1) is 0 Å². The third kappa shape index (κ3) is 4.49. The smallest absolute Gasteiger partial charge is 0.233 e. The van der Waals surface area contributed by atoms with E-state index in [0.717, 1.165) is 26.2 Å². The molecule has 144 valence electrons. The minimum atomic E-state index is -0.318. The Hall–Kier alpha value is -3.33. The van der Waals surface area contributed by atoms with E-state index in [2.05, 4.69) is 35.8 Å². The van der Waals surface area contributed by atoms with E-state index in [1.54, 1.807) is 24.3 Å². The molecule has 1 aromatic heterocycles. The molecule has 1 aliphatic rings. The Morgan fingerprint density at radius 1 is 0.714 bits per heavy atom. The van der Waals surface area contributed by atoms with E-state index < -0.39 is 0 Å². The zero-order valence-electron chi connectivity index (χ0n) is 15.0. The Labute approximate surface area is 160 Å². The summed E-state index contributed by atoms with van der Waals surface area (Å²) in [5, 5.41) is 9.44. The minimum absolute atomic E-state index is 0.318. The average molecular weight is 383 g/mol. The summed E-state index contributed by atoms with van der Waals surface area (Å²) >= 11 is 0. The van der Waals surface area contributed by atoms with Crippen LogP contribution in [0.1, 0.15) is 0 Å². The van der Waals surface area contributed by atoms with Crippen LogP contribution in [0.4, 0.5) is 38.0 Å². The first-order valence-corrected chi connectivity index (χ1v) is 8.93. The van der Waals surface area contributed by atoms with Gasteiger partial charge in [0.15, 0.2) is 0 Å². The van der Waals surface area contributed by atoms with Crippen LogP contribution >= 0.6 is 0 Å². The first kappa shape index (κ1) is 18.1. The molecule has 4 rings (SSSR count). The molecule has 3 aromatic rings. The van der Waals surface area contributed by atoms with E-state index in [1.165, 1.54) is 24.3 Å². The van der Waals surface area contributed by atoms with Gasteiger partial charge >= 0.3 is 0 Å². The predicted molar refractivity (Wildman–Crippen MR) is 104 cm³/mol. The van der Waals surface area contributed by atoms with Crippen molar-refractivity contribution in [3.05, 3.63) is 60.2 Å². The fourth-order valence-electron chi connectivity index (χ4n) is 2.81. The quantitative estimate of drug-likeness (QED) is 0.625. The van der Waals surface area contributed by atoms with Crippen LogP contribution in [0.25, 0.3) is 0 Å². The second-order valence-corrected chi connectivity index (χ2v) is 6.28. The second-order valence-electron chi connectivity index (χ2n) is 6.28. The number of hydrogen-bond donors (Lipinski definition) is 3. The highest BCUT2D eigenvalue weighted by molar-refractivity contribution is 5.59. The lowest BCUT2D eigenvalue weighted by molar-refractivity contribution is 0.579. The number of aromatic nitrogens is 3. The van der Waals surface area contributed by atoms with Gasteiger partial charge in [0.25, 0.3) is 0 Å². The summed E-state index contributed by atoms with van der Waals surface area (Å²) in [6.07, 6.45) is 0. The molecule has 0 radical (unpaired) electrons. The van der Waals surface area contributed by atoms with Gasteiger partial charge in [0.2, 0.25) is 17.8 Å². The van der Waals surface area contributed by atoms with Crippen LogP contribution in [0.3, 0.4) is 0 Å². The second kappa shape index (κ2) is 8.13. The van der Waals surface area contributed by atoms with Crippen LogP contribution < -0.4 is 20.9 Å². The molecular formula is C19H19F2N7. The van der Waals surface area contributed by atoms with Crippen molar-refractivity contribution in [2.75, 3.05) is 41.7 Å². The molecule has 0 spiro atoms. The molecule has 9 heteroatoms. The molecule has 1 aliphatic heterocycles. The Balaban J connectivity index is 1.63. The van der Waals surface area contributed by atoms with Crippen LogP contribution in [-0.4, -0.2) is 41.1 Å². The molecule has 0 aliphatic carbocycles. The van der Waals surface area contributed by atoms with Gasteiger partial charge in [-0.2, -0.15) is 15.0 Å². The highest BCUT2D eigenvalue weighted by Gasteiger charge is 2.16. The van der Waals surface area contributed by atoms with Crippen LogP contribution in [0.15, 0.2) is 48.5 Å². The summed E-state index contributed by atoms with van der Waals surface area (Å²) < 4.78 is 26.3. The molecule has 0 amide bonds. The fraction of sp³-hybridized carbons (Fsp3) is 0.211. The lowest BCUT2D eigenvalue weighted by Gasteiger charge is -2.27. The van der Waals surface area contributed by atoms with Gasteiger partial charge in [-0.3, -0.25) is 0 Å². The monoisotopic (exact) mass is 383 g/mol. The third-order valence-corrected chi connectivity index (χ3v) is 4.22. The molecule has 7 nitrogen and oxygen atoms in total. The van der Waals surface area contributed by atoms with Crippen LogP contribution in [0, 0.1) is 11.6 Å². The number of rotatable bonds is 5. The zero-order chi connectivity index (χ0) is 19.3. The molecule has 1 saturated heterocycles. The van der Waals surface area contributed by atoms with Gasteiger partial charge in [0.1, 0.15) is 11.6 Å².